The van der Waals surface area contributed by atoms with E-state index < -0.39 is 23.9 Å². The minimum atomic E-state index is -1.38. The van der Waals surface area contributed by atoms with E-state index in [1.165, 1.54) is 0 Å². The van der Waals surface area contributed by atoms with Crippen LogP contribution in [0.3, 0.4) is 0 Å². The molecule has 3 unspecified atom stereocenters. The van der Waals surface area contributed by atoms with Crippen molar-refractivity contribution in [2.75, 3.05) is 52.6 Å². The highest BCUT2D eigenvalue weighted by molar-refractivity contribution is 4.82. The lowest BCUT2D eigenvalue weighted by Crippen LogP contribution is -2.49. The molecule has 0 aromatic heterocycles. The highest BCUT2D eigenvalue weighted by Gasteiger charge is 2.29. The molecule has 0 aromatic carbocycles. The predicted octanol–water partition coefficient (Wildman–Crippen LogP) is -0.289. The van der Waals surface area contributed by atoms with Gasteiger partial charge in [-0.25, -0.2) is 0 Å². The van der Waals surface area contributed by atoms with Gasteiger partial charge in [0.15, 0.2) is 0 Å². The minimum absolute atomic E-state index is 0.0190. The van der Waals surface area contributed by atoms with Crippen LogP contribution < -0.4 is 5.73 Å². The number of aliphatic hydroxyl groups excluding tert-OH is 5. The molecule has 30 heavy (non-hydrogen) atoms. The van der Waals surface area contributed by atoms with Gasteiger partial charge >= 0.3 is 0 Å². The highest BCUT2D eigenvalue weighted by Crippen LogP contribution is 2.18. The maximum atomic E-state index is 10.2. The minimum Gasteiger partial charge on any atom is -0.396 e. The zero-order valence-corrected chi connectivity index (χ0v) is 19.9. The van der Waals surface area contributed by atoms with Crippen LogP contribution in [-0.4, -0.2) is 113 Å². The SMILES string of the molecule is CC.CC(C)(CCOC(C)(C)CN(CCO)CC(O)C(O)C(O)CCO)OCCN. The van der Waals surface area contributed by atoms with Crippen LogP contribution in [-0.2, 0) is 9.47 Å². The second-order valence-corrected chi connectivity index (χ2v) is 8.35. The molecular weight excluding hydrogens is 392 g/mol. The lowest BCUT2D eigenvalue weighted by Gasteiger charge is -2.35. The molecule has 0 bridgehead atoms. The lowest BCUT2D eigenvalue weighted by atomic mass is 10.0. The molecule has 9 heteroatoms. The third-order valence-electron chi connectivity index (χ3n) is 4.49. The molecule has 7 N–H and O–H groups in total. The molecule has 3 atom stereocenters. The Morgan fingerprint density at radius 2 is 1.43 bits per heavy atom. The number of hydrogen-bond acceptors (Lipinski definition) is 9. The number of nitrogens with two attached hydrogens (primary N) is 1. The van der Waals surface area contributed by atoms with Crippen molar-refractivity contribution in [1.82, 2.24) is 4.90 Å². The second kappa shape index (κ2) is 17.2. The number of aliphatic hydroxyl groups is 5. The van der Waals surface area contributed by atoms with E-state index in [-0.39, 0.29) is 38.3 Å². The van der Waals surface area contributed by atoms with Gasteiger partial charge < -0.3 is 40.7 Å². The van der Waals surface area contributed by atoms with Crippen LogP contribution in [0.5, 0.6) is 0 Å². The van der Waals surface area contributed by atoms with Crippen molar-refractivity contribution >= 4 is 0 Å². The molecule has 0 fully saturated rings. The number of nitrogens with zero attached hydrogens (tertiary/aromatic N) is 1. The first-order chi connectivity index (χ1) is 14.0. The van der Waals surface area contributed by atoms with E-state index >= 15 is 0 Å². The van der Waals surface area contributed by atoms with Gasteiger partial charge in [0.05, 0.1) is 43.2 Å². The number of rotatable bonds is 17. The van der Waals surface area contributed by atoms with E-state index in [9.17, 15) is 20.4 Å². The third kappa shape index (κ3) is 15.4. The van der Waals surface area contributed by atoms with Crippen molar-refractivity contribution in [3.8, 4) is 0 Å². The van der Waals surface area contributed by atoms with Gasteiger partial charge in [0.1, 0.15) is 6.10 Å². The van der Waals surface area contributed by atoms with Gasteiger partial charge in [-0.15, -0.1) is 0 Å². The molecule has 0 spiro atoms. The molecule has 0 heterocycles. The summed E-state index contributed by atoms with van der Waals surface area (Å²) in [6.07, 6.45) is -3.14. The Kier molecular flexibility index (Phi) is 18.3. The van der Waals surface area contributed by atoms with Crippen LogP contribution in [0, 0.1) is 0 Å². The fourth-order valence-corrected chi connectivity index (χ4v) is 2.87. The smallest absolute Gasteiger partial charge is 0.107 e. The molecule has 0 aliphatic rings. The first kappa shape index (κ1) is 31.8. The average molecular weight is 441 g/mol. The van der Waals surface area contributed by atoms with E-state index in [0.717, 1.165) is 0 Å². The van der Waals surface area contributed by atoms with Crippen LogP contribution in [0.4, 0.5) is 0 Å². The molecule has 0 aliphatic heterocycles. The third-order valence-corrected chi connectivity index (χ3v) is 4.49. The maximum absolute atomic E-state index is 10.2. The molecule has 0 saturated carbocycles. The van der Waals surface area contributed by atoms with Crippen molar-refractivity contribution < 1.29 is 35.0 Å². The second-order valence-electron chi connectivity index (χ2n) is 8.35. The number of ether oxygens (including phenoxy) is 2. The zero-order valence-electron chi connectivity index (χ0n) is 19.9. The standard InChI is InChI=1S/C19H42N2O7.C2H6/c1-18(2,28-12-7-20)6-11-27-19(3,4)14-21(8-10-23)13-16(25)17(26)15(24)5-9-22;1-2/h15-17,22-26H,5-14,20H2,1-4H3;1-2H3. The van der Waals surface area contributed by atoms with Gasteiger partial charge in [0.2, 0.25) is 0 Å². The largest absolute Gasteiger partial charge is 0.396 e. The van der Waals surface area contributed by atoms with Crippen LogP contribution in [0.25, 0.3) is 0 Å². The molecule has 184 valence electrons. The summed E-state index contributed by atoms with van der Waals surface area (Å²) < 4.78 is 11.7. The van der Waals surface area contributed by atoms with E-state index in [4.69, 9.17) is 20.3 Å². The summed E-state index contributed by atoms with van der Waals surface area (Å²) in [4.78, 5) is 1.77. The Balaban J connectivity index is 0. The van der Waals surface area contributed by atoms with Crippen LogP contribution in [0.15, 0.2) is 0 Å². The predicted molar refractivity (Wildman–Crippen MR) is 118 cm³/mol. The summed E-state index contributed by atoms with van der Waals surface area (Å²) in [5.41, 5.74) is 4.56. The van der Waals surface area contributed by atoms with Crippen LogP contribution in [0.2, 0.25) is 0 Å². The van der Waals surface area contributed by atoms with Crippen molar-refractivity contribution in [1.29, 1.82) is 0 Å². The summed E-state index contributed by atoms with van der Waals surface area (Å²) in [6.45, 7) is 13.6. The highest BCUT2D eigenvalue weighted by atomic mass is 16.5. The van der Waals surface area contributed by atoms with Crippen molar-refractivity contribution in [3.05, 3.63) is 0 Å². The van der Waals surface area contributed by atoms with E-state index in [1.54, 1.807) is 4.90 Å². The summed E-state index contributed by atoms with van der Waals surface area (Å²) in [5.74, 6) is 0. The molecule has 0 saturated heterocycles. The Morgan fingerprint density at radius 1 is 0.867 bits per heavy atom. The van der Waals surface area contributed by atoms with Gasteiger partial charge in [-0.1, -0.05) is 13.8 Å². The van der Waals surface area contributed by atoms with Gasteiger partial charge in [0, 0.05) is 32.8 Å². The first-order valence-electron chi connectivity index (χ1n) is 10.9. The van der Waals surface area contributed by atoms with E-state index in [1.807, 2.05) is 41.5 Å². The fraction of sp³-hybridized carbons (Fsp3) is 1.00. The summed E-state index contributed by atoms with van der Waals surface area (Å²) >= 11 is 0. The molecule has 0 aliphatic carbocycles. The zero-order chi connectivity index (χ0) is 23.8. The first-order valence-corrected chi connectivity index (χ1v) is 10.9. The fourth-order valence-electron chi connectivity index (χ4n) is 2.87. The number of hydrogen-bond donors (Lipinski definition) is 6. The molecule has 0 rings (SSSR count). The normalized spacial score (nSPS) is 15.5. The Labute approximate surface area is 182 Å². The summed E-state index contributed by atoms with van der Waals surface area (Å²) in [6, 6.07) is 0. The molecule has 0 radical (unpaired) electrons. The average Bonchev–Trinajstić information content (AvgIpc) is 2.67. The van der Waals surface area contributed by atoms with E-state index in [0.29, 0.717) is 32.7 Å². The quantitative estimate of drug-likeness (QED) is 0.179. The monoisotopic (exact) mass is 440 g/mol. The summed E-state index contributed by atoms with van der Waals surface area (Å²) in [7, 11) is 0. The Morgan fingerprint density at radius 3 is 1.93 bits per heavy atom. The Hall–Kier alpha value is -0.360. The van der Waals surface area contributed by atoms with Gasteiger partial charge in [-0.05, 0) is 40.5 Å². The van der Waals surface area contributed by atoms with Crippen molar-refractivity contribution in [2.24, 2.45) is 5.73 Å². The molecule has 0 amide bonds. The molecule has 0 aromatic rings. The topological polar surface area (TPSA) is 149 Å². The summed E-state index contributed by atoms with van der Waals surface area (Å²) in [5, 5.41) is 48.1. The van der Waals surface area contributed by atoms with Crippen molar-refractivity contribution in [2.45, 2.75) is 83.9 Å². The molecular formula is C21H48N2O7. The van der Waals surface area contributed by atoms with Crippen LogP contribution in [0.1, 0.15) is 54.4 Å². The maximum Gasteiger partial charge on any atom is 0.107 e. The van der Waals surface area contributed by atoms with Crippen molar-refractivity contribution in [3.63, 3.8) is 0 Å². The van der Waals surface area contributed by atoms with Gasteiger partial charge in [-0.2, -0.15) is 0 Å². The van der Waals surface area contributed by atoms with Gasteiger partial charge in [-0.3, -0.25) is 4.90 Å². The lowest BCUT2D eigenvalue weighted by molar-refractivity contribution is -0.0964. The Bertz CT molecular complexity index is 398. The van der Waals surface area contributed by atoms with Gasteiger partial charge in [0.25, 0.3) is 0 Å². The van der Waals surface area contributed by atoms with E-state index in [2.05, 4.69) is 0 Å². The van der Waals surface area contributed by atoms with Crippen LogP contribution >= 0.6 is 0 Å². The molecule has 9 nitrogen and oxygen atoms in total.